The molecule has 0 aliphatic carbocycles. The fraction of sp³-hybridized carbons (Fsp3) is 0.364. The van der Waals surface area contributed by atoms with Gasteiger partial charge in [-0.2, -0.15) is 0 Å². The van der Waals surface area contributed by atoms with Crippen LogP contribution in [0.15, 0.2) is 54.6 Å². The van der Waals surface area contributed by atoms with Gasteiger partial charge in [0.25, 0.3) is 5.91 Å². The molecule has 2 heterocycles. The maximum atomic E-state index is 13.2. The summed E-state index contributed by atoms with van der Waals surface area (Å²) in [6, 6.07) is 17.8. The molecule has 28 heavy (non-hydrogen) atoms. The van der Waals surface area contributed by atoms with Crippen LogP contribution in [0.4, 0.5) is 17.1 Å². The molecule has 2 aliphatic heterocycles. The number of para-hydroxylation sites is 3. The zero-order valence-corrected chi connectivity index (χ0v) is 16.2. The highest BCUT2D eigenvalue weighted by molar-refractivity contribution is 6.04. The van der Waals surface area contributed by atoms with Gasteiger partial charge in [-0.3, -0.25) is 9.59 Å². The van der Waals surface area contributed by atoms with E-state index in [2.05, 4.69) is 34.5 Å². The molecular weight excluding hydrogens is 352 g/mol. The Morgan fingerprint density at radius 3 is 2.50 bits per heavy atom. The van der Waals surface area contributed by atoms with Gasteiger partial charge >= 0.3 is 0 Å². The average Bonchev–Trinajstić information content (AvgIpc) is 2.83. The highest BCUT2D eigenvalue weighted by atomic mass is 16.2. The zero-order valence-electron chi connectivity index (χ0n) is 16.2. The molecule has 6 heteroatoms. The summed E-state index contributed by atoms with van der Waals surface area (Å²) in [4.78, 5) is 30.8. The molecule has 0 unspecified atom stereocenters. The average molecular weight is 379 g/mol. The van der Waals surface area contributed by atoms with Gasteiger partial charge in [0.05, 0.1) is 37.6 Å². The number of anilines is 3. The number of rotatable bonds is 3. The van der Waals surface area contributed by atoms with E-state index in [1.54, 1.807) is 0 Å². The van der Waals surface area contributed by atoms with Crippen molar-refractivity contribution in [3.05, 3.63) is 54.6 Å². The second-order valence-electron chi connectivity index (χ2n) is 7.63. The van der Waals surface area contributed by atoms with E-state index < -0.39 is 0 Å². The topological polar surface area (TPSA) is 57.1 Å². The number of quaternary nitrogens is 1. The van der Waals surface area contributed by atoms with E-state index in [1.165, 1.54) is 10.6 Å². The van der Waals surface area contributed by atoms with Crippen LogP contribution in [-0.4, -0.2) is 50.6 Å². The van der Waals surface area contributed by atoms with Crippen LogP contribution in [0.5, 0.6) is 0 Å². The Kier molecular flexibility index (Phi) is 5.30. The standard InChI is InChI=1S/C22H26N4O2/c1-17-15-21(27)23-19-9-5-6-10-20(19)26(17)22(28)16-24-11-13-25(14-12-24)18-7-3-2-4-8-18/h2-10,17H,11-16H2,1H3,(H,23,27)/p+1/t17-/m0/s1. The Bertz CT molecular complexity index is 847. The van der Waals surface area contributed by atoms with E-state index in [0.29, 0.717) is 18.7 Å². The second kappa shape index (κ2) is 8.02. The summed E-state index contributed by atoms with van der Waals surface area (Å²) in [5, 5.41) is 2.92. The van der Waals surface area contributed by atoms with Crippen LogP contribution in [0.3, 0.4) is 0 Å². The SMILES string of the molecule is C[C@H]1CC(=O)Nc2ccccc2N1C(=O)C[NH+]1CCN(c2ccccc2)CC1. The van der Waals surface area contributed by atoms with Crippen molar-refractivity contribution in [2.45, 2.75) is 19.4 Å². The minimum Gasteiger partial charge on any atom is -0.360 e. The number of hydrogen-bond donors (Lipinski definition) is 2. The molecular formula is C22H27N4O2+. The van der Waals surface area contributed by atoms with E-state index in [9.17, 15) is 9.59 Å². The minimum absolute atomic E-state index is 0.0425. The molecule has 146 valence electrons. The summed E-state index contributed by atoms with van der Waals surface area (Å²) in [6.45, 7) is 6.15. The summed E-state index contributed by atoms with van der Waals surface area (Å²) in [6.07, 6.45) is 0.317. The minimum atomic E-state index is -0.152. The lowest BCUT2D eigenvalue weighted by Crippen LogP contribution is -3.16. The first-order valence-corrected chi connectivity index (χ1v) is 9.96. The number of hydrogen-bond acceptors (Lipinski definition) is 3. The molecule has 1 atom stereocenters. The van der Waals surface area contributed by atoms with Gasteiger partial charge in [0.15, 0.2) is 6.54 Å². The molecule has 2 aromatic rings. The first-order valence-electron chi connectivity index (χ1n) is 9.96. The maximum Gasteiger partial charge on any atom is 0.282 e. The molecule has 0 aromatic heterocycles. The molecule has 1 fully saturated rings. The van der Waals surface area contributed by atoms with Crippen molar-refractivity contribution in [2.75, 3.05) is 47.8 Å². The van der Waals surface area contributed by atoms with Gasteiger partial charge in [-0.25, -0.2) is 0 Å². The number of carbonyl (C=O) groups is 2. The highest BCUT2D eigenvalue weighted by Gasteiger charge is 2.32. The fourth-order valence-corrected chi connectivity index (χ4v) is 4.16. The Morgan fingerprint density at radius 2 is 1.75 bits per heavy atom. The molecule has 2 amide bonds. The van der Waals surface area contributed by atoms with Crippen molar-refractivity contribution < 1.29 is 14.5 Å². The molecule has 2 aliphatic rings. The molecule has 2 N–H and O–H groups in total. The molecule has 0 spiro atoms. The lowest BCUT2D eigenvalue weighted by Gasteiger charge is -2.35. The monoisotopic (exact) mass is 379 g/mol. The lowest BCUT2D eigenvalue weighted by atomic mass is 10.1. The van der Waals surface area contributed by atoms with E-state index in [1.807, 2.05) is 42.2 Å². The van der Waals surface area contributed by atoms with Crippen molar-refractivity contribution in [1.29, 1.82) is 0 Å². The number of amides is 2. The van der Waals surface area contributed by atoms with Gasteiger partial charge in [0.1, 0.15) is 0 Å². The van der Waals surface area contributed by atoms with Gasteiger partial charge in [-0.05, 0) is 31.2 Å². The first kappa shape index (κ1) is 18.5. The van der Waals surface area contributed by atoms with E-state index in [0.717, 1.165) is 31.9 Å². The molecule has 0 bridgehead atoms. The van der Waals surface area contributed by atoms with Crippen LogP contribution in [0, 0.1) is 0 Å². The molecule has 4 rings (SSSR count). The normalized spacial score (nSPS) is 20.3. The Labute approximate surface area is 165 Å². The van der Waals surface area contributed by atoms with Crippen molar-refractivity contribution in [3.63, 3.8) is 0 Å². The van der Waals surface area contributed by atoms with Crippen LogP contribution >= 0.6 is 0 Å². The van der Waals surface area contributed by atoms with E-state index in [-0.39, 0.29) is 17.9 Å². The lowest BCUT2D eigenvalue weighted by molar-refractivity contribution is -0.892. The van der Waals surface area contributed by atoms with Crippen LogP contribution in [0.1, 0.15) is 13.3 Å². The molecule has 0 saturated carbocycles. The van der Waals surface area contributed by atoms with Crippen LogP contribution in [0.25, 0.3) is 0 Å². The van der Waals surface area contributed by atoms with Gasteiger partial charge < -0.3 is 20.0 Å². The van der Waals surface area contributed by atoms with Crippen molar-refractivity contribution in [2.24, 2.45) is 0 Å². The quantitative estimate of drug-likeness (QED) is 0.841. The van der Waals surface area contributed by atoms with E-state index in [4.69, 9.17) is 0 Å². The van der Waals surface area contributed by atoms with Gasteiger partial charge in [0.2, 0.25) is 5.91 Å². The molecule has 0 radical (unpaired) electrons. The van der Waals surface area contributed by atoms with Gasteiger partial charge in [0, 0.05) is 18.2 Å². The second-order valence-corrected chi connectivity index (χ2v) is 7.63. The summed E-state index contributed by atoms with van der Waals surface area (Å²) >= 11 is 0. The number of benzene rings is 2. The third kappa shape index (κ3) is 3.87. The predicted octanol–water partition coefficient (Wildman–Crippen LogP) is 1.16. The summed E-state index contributed by atoms with van der Waals surface area (Å²) in [5.41, 5.74) is 2.76. The first-order chi connectivity index (χ1) is 13.6. The largest absolute Gasteiger partial charge is 0.360 e. The smallest absolute Gasteiger partial charge is 0.282 e. The highest BCUT2D eigenvalue weighted by Crippen LogP contribution is 2.31. The predicted molar refractivity (Wildman–Crippen MR) is 111 cm³/mol. The number of piperazine rings is 1. The Morgan fingerprint density at radius 1 is 1.07 bits per heavy atom. The van der Waals surface area contributed by atoms with E-state index >= 15 is 0 Å². The number of carbonyl (C=O) groups excluding carboxylic acids is 2. The third-order valence-corrected chi connectivity index (χ3v) is 5.62. The number of fused-ring (bicyclic) bond motifs is 1. The van der Waals surface area contributed by atoms with Crippen LogP contribution in [-0.2, 0) is 9.59 Å². The van der Waals surface area contributed by atoms with Crippen molar-refractivity contribution in [1.82, 2.24) is 0 Å². The Balaban J connectivity index is 1.43. The Hall–Kier alpha value is -2.86. The van der Waals surface area contributed by atoms with Gasteiger partial charge in [-0.1, -0.05) is 30.3 Å². The maximum absolute atomic E-state index is 13.2. The summed E-state index contributed by atoms with van der Waals surface area (Å²) < 4.78 is 0. The van der Waals surface area contributed by atoms with Crippen molar-refractivity contribution in [3.8, 4) is 0 Å². The summed E-state index contributed by atoms with van der Waals surface area (Å²) in [7, 11) is 0. The third-order valence-electron chi connectivity index (χ3n) is 5.62. The van der Waals surface area contributed by atoms with Crippen molar-refractivity contribution >= 4 is 28.9 Å². The number of nitrogens with zero attached hydrogens (tertiary/aromatic N) is 2. The molecule has 6 nitrogen and oxygen atoms in total. The number of nitrogens with one attached hydrogen (secondary N) is 2. The van der Waals surface area contributed by atoms with Gasteiger partial charge in [-0.15, -0.1) is 0 Å². The molecule has 1 saturated heterocycles. The summed E-state index contributed by atoms with van der Waals surface area (Å²) in [5.74, 6) is 0.0404. The fourth-order valence-electron chi connectivity index (χ4n) is 4.16. The van der Waals surface area contributed by atoms with Crippen LogP contribution < -0.4 is 20.0 Å². The zero-order chi connectivity index (χ0) is 19.5. The van der Waals surface area contributed by atoms with Crippen LogP contribution in [0.2, 0.25) is 0 Å². The molecule has 2 aromatic carbocycles.